The lowest BCUT2D eigenvalue weighted by Gasteiger charge is -2.09. The fourth-order valence-electron chi connectivity index (χ4n) is 3.33. The molecule has 1 amide bonds. The third-order valence-corrected chi connectivity index (χ3v) is 4.87. The molecule has 3 rings (SSSR count). The Kier molecular flexibility index (Phi) is 6.86. The molecular formula is C25H22FN3O3. The topological polar surface area (TPSA) is 84.1 Å². The van der Waals surface area contributed by atoms with Gasteiger partial charge in [-0.15, -0.1) is 0 Å². The second-order valence-electron chi connectivity index (χ2n) is 7.06. The van der Waals surface area contributed by atoms with Gasteiger partial charge in [0.05, 0.1) is 12.2 Å². The number of aryl methyl sites for hydroxylation is 1. The molecule has 0 saturated heterocycles. The van der Waals surface area contributed by atoms with E-state index in [1.165, 1.54) is 18.2 Å². The van der Waals surface area contributed by atoms with E-state index in [0.717, 1.165) is 17.1 Å². The number of amides is 1. The van der Waals surface area contributed by atoms with Crippen molar-refractivity contribution in [3.8, 4) is 11.8 Å². The van der Waals surface area contributed by atoms with Gasteiger partial charge in [0, 0.05) is 22.8 Å². The van der Waals surface area contributed by atoms with Crippen molar-refractivity contribution in [1.29, 1.82) is 5.26 Å². The molecule has 1 heterocycles. The van der Waals surface area contributed by atoms with Gasteiger partial charge >= 0.3 is 5.97 Å². The molecule has 6 nitrogen and oxygen atoms in total. The molecule has 1 N–H and O–H groups in total. The highest BCUT2D eigenvalue weighted by atomic mass is 19.1. The lowest BCUT2D eigenvalue weighted by atomic mass is 10.1. The maximum Gasteiger partial charge on any atom is 0.338 e. The summed E-state index contributed by atoms with van der Waals surface area (Å²) in [5.74, 6) is -1.34. The number of carbonyl (C=O) groups is 2. The predicted octanol–water partition coefficient (Wildman–Crippen LogP) is 4.96. The molecule has 7 heteroatoms. The zero-order valence-electron chi connectivity index (χ0n) is 18.0. The molecule has 2 aromatic carbocycles. The maximum absolute atomic E-state index is 13.3. The summed E-state index contributed by atoms with van der Waals surface area (Å²) < 4.78 is 20.1. The van der Waals surface area contributed by atoms with Crippen molar-refractivity contribution in [3.63, 3.8) is 0 Å². The Morgan fingerprint density at radius 1 is 1.12 bits per heavy atom. The Labute approximate surface area is 185 Å². The number of halogens is 1. The SMILES string of the molecule is CCOC(=O)c1ccc(NC(=O)/C(C#N)=C/c2cc(C)n(-c3ccc(F)cc3)c2C)cc1. The molecule has 0 fully saturated rings. The average Bonchev–Trinajstić information content (AvgIpc) is 3.06. The first-order valence-corrected chi connectivity index (χ1v) is 9.99. The standard InChI is InChI=1S/C25H22FN3O3/c1-4-32-25(31)18-5-9-22(10-6-18)28-24(30)20(15-27)14-19-13-16(2)29(17(19)3)23-11-7-21(26)8-12-23/h5-14H,4H2,1-3H3,(H,28,30)/b20-14+. The number of carbonyl (C=O) groups excluding carboxylic acids is 2. The van der Waals surface area contributed by atoms with Crippen molar-refractivity contribution in [2.24, 2.45) is 0 Å². The third kappa shape index (κ3) is 4.93. The van der Waals surface area contributed by atoms with E-state index in [4.69, 9.17) is 4.74 Å². The maximum atomic E-state index is 13.3. The van der Waals surface area contributed by atoms with E-state index >= 15 is 0 Å². The number of nitriles is 1. The number of ether oxygens (including phenoxy) is 1. The van der Waals surface area contributed by atoms with Crippen molar-refractivity contribution in [2.45, 2.75) is 20.8 Å². The summed E-state index contributed by atoms with van der Waals surface area (Å²) >= 11 is 0. The number of nitrogens with zero attached hydrogens (tertiary/aromatic N) is 2. The van der Waals surface area contributed by atoms with Gasteiger partial charge in [0.15, 0.2) is 0 Å². The number of benzene rings is 2. The fraction of sp³-hybridized carbons (Fsp3) is 0.160. The lowest BCUT2D eigenvalue weighted by Crippen LogP contribution is -2.13. The van der Waals surface area contributed by atoms with Crippen LogP contribution in [0.25, 0.3) is 11.8 Å². The third-order valence-electron chi connectivity index (χ3n) is 4.87. The Balaban J connectivity index is 1.82. The summed E-state index contributed by atoms with van der Waals surface area (Å²) in [7, 11) is 0. The van der Waals surface area contributed by atoms with E-state index in [0.29, 0.717) is 16.8 Å². The molecule has 162 valence electrons. The van der Waals surface area contributed by atoms with Gasteiger partial charge in [-0.3, -0.25) is 4.79 Å². The molecule has 0 aliphatic rings. The van der Waals surface area contributed by atoms with Crippen LogP contribution >= 0.6 is 0 Å². The van der Waals surface area contributed by atoms with Gasteiger partial charge in [-0.2, -0.15) is 5.26 Å². The number of anilines is 1. The van der Waals surface area contributed by atoms with E-state index in [9.17, 15) is 19.2 Å². The molecule has 1 aromatic heterocycles. The molecule has 0 bridgehead atoms. The monoisotopic (exact) mass is 431 g/mol. The highest BCUT2D eigenvalue weighted by molar-refractivity contribution is 6.09. The van der Waals surface area contributed by atoms with Crippen molar-refractivity contribution in [3.05, 3.63) is 88.5 Å². The highest BCUT2D eigenvalue weighted by Crippen LogP contribution is 2.23. The smallest absolute Gasteiger partial charge is 0.338 e. The number of hydrogen-bond acceptors (Lipinski definition) is 4. The van der Waals surface area contributed by atoms with Crippen LogP contribution in [0.4, 0.5) is 10.1 Å². The van der Waals surface area contributed by atoms with Crippen LogP contribution in [-0.4, -0.2) is 23.1 Å². The van der Waals surface area contributed by atoms with Gasteiger partial charge in [0.1, 0.15) is 17.5 Å². The van der Waals surface area contributed by atoms with E-state index in [2.05, 4.69) is 5.32 Å². The van der Waals surface area contributed by atoms with Crippen LogP contribution in [0.15, 0.2) is 60.2 Å². The second kappa shape index (κ2) is 9.75. The van der Waals surface area contributed by atoms with E-state index in [1.54, 1.807) is 43.3 Å². The van der Waals surface area contributed by atoms with E-state index in [1.807, 2.05) is 30.6 Å². The normalized spacial score (nSPS) is 11.0. The van der Waals surface area contributed by atoms with Crippen LogP contribution in [0, 0.1) is 31.0 Å². The lowest BCUT2D eigenvalue weighted by molar-refractivity contribution is -0.112. The first kappa shape index (κ1) is 22.5. The Morgan fingerprint density at radius 2 is 1.78 bits per heavy atom. The number of esters is 1. The summed E-state index contributed by atoms with van der Waals surface area (Å²) in [4.78, 5) is 24.4. The molecule has 0 unspecified atom stereocenters. The van der Waals surface area contributed by atoms with Crippen LogP contribution in [0.5, 0.6) is 0 Å². The summed E-state index contributed by atoms with van der Waals surface area (Å²) in [5, 5.41) is 12.2. The number of aromatic nitrogens is 1. The predicted molar refractivity (Wildman–Crippen MR) is 120 cm³/mol. The van der Waals surface area contributed by atoms with Gasteiger partial charge in [-0.05, 0) is 87.0 Å². The Morgan fingerprint density at radius 3 is 2.38 bits per heavy atom. The molecule has 0 saturated carbocycles. The summed E-state index contributed by atoms with van der Waals surface area (Å²) in [6.45, 7) is 5.75. The molecular weight excluding hydrogens is 409 g/mol. The average molecular weight is 431 g/mol. The largest absolute Gasteiger partial charge is 0.462 e. The molecule has 0 aliphatic carbocycles. The molecule has 0 radical (unpaired) electrons. The minimum absolute atomic E-state index is 0.0705. The Bertz CT molecular complexity index is 1220. The van der Waals surface area contributed by atoms with Crippen molar-refractivity contribution in [2.75, 3.05) is 11.9 Å². The van der Waals surface area contributed by atoms with Gasteiger partial charge in [-0.25, -0.2) is 9.18 Å². The Hall–Kier alpha value is -4.18. The van der Waals surface area contributed by atoms with Crippen LogP contribution in [0.3, 0.4) is 0 Å². The van der Waals surface area contributed by atoms with Gasteiger partial charge < -0.3 is 14.6 Å². The molecule has 0 aliphatic heterocycles. The molecule has 0 atom stereocenters. The summed E-state index contributed by atoms with van der Waals surface area (Å²) in [6, 6.07) is 16.1. The van der Waals surface area contributed by atoms with E-state index in [-0.39, 0.29) is 18.0 Å². The summed E-state index contributed by atoms with van der Waals surface area (Å²) in [6.07, 6.45) is 1.52. The molecule has 0 spiro atoms. The van der Waals surface area contributed by atoms with Gasteiger partial charge in [0.2, 0.25) is 0 Å². The van der Waals surface area contributed by atoms with Crippen LogP contribution in [0.2, 0.25) is 0 Å². The quantitative estimate of drug-likeness (QED) is 0.340. The first-order chi connectivity index (χ1) is 15.3. The zero-order chi connectivity index (χ0) is 23.3. The van der Waals surface area contributed by atoms with Gasteiger partial charge in [0.25, 0.3) is 5.91 Å². The molecule has 32 heavy (non-hydrogen) atoms. The molecule has 3 aromatic rings. The van der Waals surface area contributed by atoms with Crippen LogP contribution in [0.1, 0.15) is 34.2 Å². The van der Waals surface area contributed by atoms with Crippen molar-refractivity contribution in [1.82, 2.24) is 4.57 Å². The van der Waals surface area contributed by atoms with Gasteiger partial charge in [-0.1, -0.05) is 0 Å². The van der Waals surface area contributed by atoms with E-state index < -0.39 is 11.9 Å². The van der Waals surface area contributed by atoms with Crippen molar-refractivity contribution >= 4 is 23.6 Å². The fourth-order valence-corrected chi connectivity index (χ4v) is 3.33. The number of hydrogen-bond donors (Lipinski definition) is 1. The summed E-state index contributed by atoms with van der Waals surface area (Å²) in [5.41, 5.74) is 3.93. The van der Waals surface area contributed by atoms with Crippen molar-refractivity contribution < 1.29 is 18.7 Å². The second-order valence-corrected chi connectivity index (χ2v) is 7.06. The number of nitrogens with one attached hydrogen (secondary N) is 1. The van der Waals surface area contributed by atoms with Crippen LogP contribution in [-0.2, 0) is 9.53 Å². The minimum atomic E-state index is -0.567. The first-order valence-electron chi connectivity index (χ1n) is 9.99. The van der Waals surface area contributed by atoms with Crippen LogP contribution < -0.4 is 5.32 Å². The number of rotatable bonds is 6. The highest BCUT2D eigenvalue weighted by Gasteiger charge is 2.14. The zero-order valence-corrected chi connectivity index (χ0v) is 18.0. The minimum Gasteiger partial charge on any atom is -0.462 e.